The van der Waals surface area contributed by atoms with Gasteiger partial charge in [0.1, 0.15) is 5.82 Å². The van der Waals surface area contributed by atoms with E-state index < -0.39 is 10.0 Å². The molecular weight excluding hydrogens is 610 g/mol. The normalized spacial score (nSPS) is 18.1. The molecular formula is C24H30FIN8O2S. The largest absolute Gasteiger partial charge is 0.322 e. The Balaban J connectivity index is 1.23. The monoisotopic (exact) mass is 640 g/mol. The molecule has 3 aromatic rings. The highest BCUT2D eigenvalue weighted by Gasteiger charge is 2.38. The lowest BCUT2D eigenvalue weighted by atomic mass is 9.85. The minimum atomic E-state index is -3.10. The van der Waals surface area contributed by atoms with Crippen LogP contribution < -0.4 is 10.6 Å². The quantitative estimate of drug-likeness (QED) is 0.334. The van der Waals surface area contributed by atoms with Crippen molar-refractivity contribution in [1.82, 2.24) is 29.4 Å². The number of anilines is 4. The van der Waals surface area contributed by atoms with Crippen LogP contribution in [0.3, 0.4) is 0 Å². The highest BCUT2D eigenvalue weighted by molar-refractivity contribution is 14.1. The Morgan fingerprint density at radius 1 is 1.14 bits per heavy atom. The fourth-order valence-corrected chi connectivity index (χ4v) is 6.25. The number of rotatable bonds is 7. The summed E-state index contributed by atoms with van der Waals surface area (Å²) < 4.78 is 40.8. The molecule has 1 aromatic carbocycles. The summed E-state index contributed by atoms with van der Waals surface area (Å²) in [6.07, 6.45) is 4.77. The van der Waals surface area contributed by atoms with Gasteiger partial charge in [0.2, 0.25) is 16.0 Å². The van der Waals surface area contributed by atoms with Crippen LogP contribution in [0.1, 0.15) is 35.6 Å². The van der Waals surface area contributed by atoms with Gasteiger partial charge >= 0.3 is 0 Å². The molecule has 2 aliphatic rings. The maximum Gasteiger partial charge on any atom is 0.229 e. The molecule has 37 heavy (non-hydrogen) atoms. The highest BCUT2D eigenvalue weighted by atomic mass is 127. The number of nitrogens with zero attached hydrogens (tertiary/aromatic N) is 5. The number of sulfonamides is 1. The van der Waals surface area contributed by atoms with E-state index in [1.54, 1.807) is 12.3 Å². The van der Waals surface area contributed by atoms with E-state index in [1.807, 2.05) is 26.0 Å². The number of benzene rings is 1. The van der Waals surface area contributed by atoms with E-state index in [0.29, 0.717) is 30.4 Å². The van der Waals surface area contributed by atoms with Crippen molar-refractivity contribution in [3.05, 3.63) is 50.6 Å². The summed E-state index contributed by atoms with van der Waals surface area (Å²) in [6, 6.07) is 5.60. The Morgan fingerprint density at radius 3 is 2.51 bits per heavy atom. The van der Waals surface area contributed by atoms with Crippen LogP contribution in [-0.4, -0.2) is 76.3 Å². The van der Waals surface area contributed by atoms with Crippen LogP contribution >= 0.6 is 22.6 Å². The Morgan fingerprint density at radius 2 is 1.86 bits per heavy atom. The molecule has 0 aliphatic carbocycles. The van der Waals surface area contributed by atoms with Crippen molar-refractivity contribution in [3.8, 4) is 0 Å². The lowest BCUT2D eigenvalue weighted by Crippen LogP contribution is -2.61. The van der Waals surface area contributed by atoms with Gasteiger partial charge in [0.05, 0.1) is 15.5 Å². The van der Waals surface area contributed by atoms with E-state index in [-0.39, 0.29) is 23.7 Å². The van der Waals surface area contributed by atoms with Crippen LogP contribution in [-0.2, 0) is 10.0 Å². The summed E-state index contributed by atoms with van der Waals surface area (Å²) in [7, 11) is -3.10. The number of halogens is 2. The molecule has 4 heterocycles. The first-order valence-corrected chi connectivity index (χ1v) is 15.1. The first kappa shape index (κ1) is 26.3. The van der Waals surface area contributed by atoms with Gasteiger partial charge in [0.25, 0.3) is 0 Å². The van der Waals surface area contributed by atoms with Crippen LogP contribution in [0.4, 0.5) is 27.7 Å². The van der Waals surface area contributed by atoms with Crippen LogP contribution in [0.2, 0.25) is 0 Å². The van der Waals surface area contributed by atoms with Gasteiger partial charge in [-0.25, -0.2) is 17.8 Å². The fourth-order valence-electron chi connectivity index (χ4n) is 4.97. The van der Waals surface area contributed by atoms with E-state index >= 15 is 4.39 Å². The summed E-state index contributed by atoms with van der Waals surface area (Å²) in [5, 5.41) is 13.2. The van der Waals surface area contributed by atoms with Crippen molar-refractivity contribution in [2.24, 2.45) is 0 Å². The zero-order chi connectivity index (χ0) is 26.3. The molecule has 2 aromatic heterocycles. The summed E-state index contributed by atoms with van der Waals surface area (Å²) in [5.74, 6) is 1.44. The van der Waals surface area contributed by atoms with Crippen molar-refractivity contribution in [1.29, 1.82) is 0 Å². The second-order valence-corrected chi connectivity index (χ2v) is 13.0. The molecule has 0 radical (unpaired) electrons. The summed E-state index contributed by atoms with van der Waals surface area (Å²) in [5.41, 5.74) is 3.30. The van der Waals surface area contributed by atoms with Crippen molar-refractivity contribution >= 4 is 55.9 Å². The standard InChI is InChI=1S/C24H30FIN8O2S/c1-14-8-21(28-24-27-11-20(26)23(30-24)29-22-9-15(2)31-32-22)19(25)10-18(14)16-4-6-33(7-5-16)17-12-34(13-17)37(3,35)36/h8-11,16-17H,4-7,12-13H2,1-3H3,(H3,27,28,29,30,31,32). The number of piperidine rings is 1. The second-order valence-electron chi connectivity index (χ2n) is 9.81. The maximum atomic E-state index is 15.2. The summed E-state index contributed by atoms with van der Waals surface area (Å²) in [4.78, 5) is 11.2. The van der Waals surface area contributed by atoms with Crippen molar-refractivity contribution in [2.75, 3.05) is 43.1 Å². The minimum Gasteiger partial charge on any atom is -0.322 e. The van der Waals surface area contributed by atoms with E-state index in [9.17, 15) is 8.42 Å². The van der Waals surface area contributed by atoms with Crippen molar-refractivity contribution in [2.45, 2.75) is 38.6 Å². The average Bonchev–Trinajstić information content (AvgIpc) is 3.21. The zero-order valence-electron chi connectivity index (χ0n) is 20.9. The Kier molecular flexibility index (Phi) is 7.40. The second kappa shape index (κ2) is 10.4. The predicted molar refractivity (Wildman–Crippen MR) is 150 cm³/mol. The Hall–Kier alpha value is -2.36. The molecule has 198 valence electrons. The number of nitrogens with one attached hydrogen (secondary N) is 3. The van der Waals surface area contributed by atoms with E-state index in [4.69, 9.17) is 0 Å². The molecule has 0 bridgehead atoms. The number of aromatic amines is 1. The molecule has 3 N–H and O–H groups in total. The molecule has 0 atom stereocenters. The van der Waals surface area contributed by atoms with Gasteiger partial charge in [-0.05, 0) is 91.5 Å². The molecule has 0 unspecified atom stereocenters. The molecule has 0 saturated carbocycles. The number of likely N-dealkylation sites (tertiary alicyclic amines) is 1. The fraction of sp³-hybridized carbons (Fsp3) is 0.458. The average molecular weight is 641 g/mol. The lowest BCUT2D eigenvalue weighted by Gasteiger charge is -2.46. The van der Waals surface area contributed by atoms with Gasteiger partial charge in [0, 0.05) is 37.1 Å². The predicted octanol–water partition coefficient (Wildman–Crippen LogP) is 3.87. The topological polar surface area (TPSA) is 119 Å². The van der Waals surface area contributed by atoms with Crippen molar-refractivity contribution < 1.29 is 12.8 Å². The third-order valence-electron chi connectivity index (χ3n) is 7.08. The third-order valence-corrected chi connectivity index (χ3v) is 9.11. The van der Waals surface area contributed by atoms with E-state index in [2.05, 4.69) is 58.3 Å². The number of aromatic nitrogens is 4. The third kappa shape index (κ3) is 5.89. The van der Waals surface area contributed by atoms with Crippen LogP contribution in [0.15, 0.2) is 24.4 Å². The van der Waals surface area contributed by atoms with Gasteiger partial charge in [-0.3, -0.25) is 10.00 Å². The SMILES string of the molecule is Cc1cc(Nc2nc(Nc3cc(C)c(C4CCN(C5CN(S(C)(=O)=O)C5)CC4)cc3F)ncc2I)n[nH]1. The van der Waals surface area contributed by atoms with Crippen molar-refractivity contribution in [3.63, 3.8) is 0 Å². The molecule has 2 saturated heterocycles. The number of hydrogen-bond donors (Lipinski definition) is 3. The zero-order valence-corrected chi connectivity index (χ0v) is 23.9. The van der Waals surface area contributed by atoms with Crippen LogP contribution in [0, 0.1) is 23.2 Å². The number of H-pyrrole nitrogens is 1. The summed E-state index contributed by atoms with van der Waals surface area (Å²) in [6.45, 7) is 6.82. The number of aryl methyl sites for hydroxylation is 2. The Labute approximate surface area is 229 Å². The molecule has 0 amide bonds. The van der Waals surface area contributed by atoms with Gasteiger partial charge in [0.15, 0.2) is 11.6 Å². The highest BCUT2D eigenvalue weighted by Crippen LogP contribution is 2.35. The van der Waals surface area contributed by atoms with Gasteiger partial charge in [-0.2, -0.15) is 14.4 Å². The van der Waals surface area contributed by atoms with E-state index in [0.717, 1.165) is 46.3 Å². The molecule has 13 heteroatoms. The number of hydrogen-bond acceptors (Lipinski definition) is 8. The lowest BCUT2D eigenvalue weighted by molar-refractivity contribution is 0.0667. The molecule has 0 spiro atoms. The molecule has 2 fully saturated rings. The first-order chi connectivity index (χ1) is 17.6. The molecule has 2 aliphatic heterocycles. The molecule has 10 nitrogen and oxygen atoms in total. The molecule has 5 rings (SSSR count). The summed E-state index contributed by atoms with van der Waals surface area (Å²) >= 11 is 2.14. The Bertz CT molecular complexity index is 1400. The minimum absolute atomic E-state index is 0.272. The van der Waals surface area contributed by atoms with Gasteiger partial charge < -0.3 is 10.6 Å². The van der Waals surface area contributed by atoms with E-state index in [1.165, 1.54) is 10.6 Å². The van der Waals surface area contributed by atoms with Crippen LogP contribution in [0.25, 0.3) is 0 Å². The van der Waals surface area contributed by atoms with Gasteiger partial charge in [-0.15, -0.1) is 0 Å². The first-order valence-electron chi connectivity index (χ1n) is 12.1. The van der Waals surface area contributed by atoms with Crippen LogP contribution in [0.5, 0.6) is 0 Å². The maximum absolute atomic E-state index is 15.2. The van der Waals surface area contributed by atoms with Gasteiger partial charge in [-0.1, -0.05) is 0 Å². The smallest absolute Gasteiger partial charge is 0.229 e.